The first kappa shape index (κ1) is 22.4. The summed E-state index contributed by atoms with van der Waals surface area (Å²) in [5.74, 6) is 0.793. The van der Waals surface area contributed by atoms with Crippen molar-refractivity contribution in [2.24, 2.45) is 0 Å². The Balaban J connectivity index is 1.51. The zero-order chi connectivity index (χ0) is 22.3. The number of hydrogen-bond acceptors (Lipinski definition) is 7. The van der Waals surface area contributed by atoms with Crippen molar-refractivity contribution >= 4 is 31.7 Å². The highest BCUT2D eigenvalue weighted by Crippen LogP contribution is 2.37. The Morgan fingerprint density at radius 2 is 2.12 bits per heavy atom. The number of pyridine rings is 1. The Morgan fingerprint density at radius 1 is 1.28 bits per heavy atom. The van der Waals surface area contributed by atoms with E-state index in [2.05, 4.69) is 40.1 Å². The molecule has 8 nitrogen and oxygen atoms in total. The van der Waals surface area contributed by atoms with Gasteiger partial charge in [0.25, 0.3) is 0 Å². The molecular weight excluding hydrogens is 423 g/mol. The average Bonchev–Trinajstić information content (AvgIpc) is 2.86. The van der Waals surface area contributed by atoms with E-state index in [1.807, 2.05) is 25.2 Å². The van der Waals surface area contributed by atoms with Gasteiger partial charge in [-0.1, -0.05) is 6.42 Å². The van der Waals surface area contributed by atoms with Crippen LogP contribution in [0.5, 0.6) is 5.75 Å². The second-order valence-electron chi connectivity index (χ2n) is 7.93. The van der Waals surface area contributed by atoms with Gasteiger partial charge in [-0.25, -0.2) is 9.97 Å². The molecule has 0 bridgehead atoms. The number of amides is 1. The van der Waals surface area contributed by atoms with Crippen LogP contribution in [0, 0.1) is 0 Å². The van der Waals surface area contributed by atoms with Gasteiger partial charge in [0.15, 0.2) is 0 Å². The number of rotatable bonds is 8. The van der Waals surface area contributed by atoms with Gasteiger partial charge in [-0.3, -0.25) is 9.78 Å². The van der Waals surface area contributed by atoms with Crippen molar-refractivity contribution in [3.8, 4) is 16.9 Å². The predicted molar refractivity (Wildman–Crippen MR) is 130 cm³/mol. The van der Waals surface area contributed by atoms with E-state index in [0.29, 0.717) is 13.2 Å². The summed E-state index contributed by atoms with van der Waals surface area (Å²) >= 11 is 0. The van der Waals surface area contributed by atoms with E-state index < -0.39 is 0 Å². The second-order valence-corrected chi connectivity index (χ2v) is 8.87. The minimum absolute atomic E-state index is 0.0538. The number of carbonyl (C=O) groups is 1. The number of piperidine rings is 1. The zero-order valence-electron chi connectivity index (χ0n) is 18.2. The summed E-state index contributed by atoms with van der Waals surface area (Å²) in [6.07, 6.45) is 9.96. The number of hydrogen-bond donors (Lipinski definition) is 3. The molecule has 32 heavy (non-hydrogen) atoms. The van der Waals surface area contributed by atoms with Crippen molar-refractivity contribution in [2.75, 3.05) is 32.1 Å². The highest BCUT2D eigenvalue weighted by molar-refractivity contribution is 7.17. The van der Waals surface area contributed by atoms with Gasteiger partial charge in [0, 0.05) is 48.2 Å². The number of nitrogens with zero attached hydrogens (tertiary/aromatic N) is 3. The molecule has 0 spiro atoms. The smallest absolute Gasteiger partial charge is 0.237 e. The lowest BCUT2D eigenvalue weighted by atomic mass is 10.0. The maximum atomic E-state index is 12.4. The molecular formula is C23H29N6O2P. The largest absolute Gasteiger partial charge is 0.492 e. The average molecular weight is 452 g/mol. The quantitative estimate of drug-likeness (QED) is 0.452. The van der Waals surface area contributed by atoms with E-state index in [4.69, 9.17) is 4.74 Å². The normalized spacial score (nSPS) is 17.0. The summed E-state index contributed by atoms with van der Waals surface area (Å²) in [6, 6.07) is 5.89. The molecule has 3 atom stereocenters. The fraction of sp³-hybridized carbons (Fsp3) is 0.391. The Bertz CT molecular complexity index is 1060. The SMILES string of the molecule is CNc1cnc2ccc(-c3cncnc3)c(OCC(P)CNC(=O)[C@@H]3CCCCN3)c2c1. The minimum atomic E-state index is -0.0874. The van der Waals surface area contributed by atoms with Gasteiger partial charge in [-0.15, -0.1) is 9.24 Å². The third-order valence-electron chi connectivity index (χ3n) is 5.58. The number of ether oxygens (including phenoxy) is 1. The third-order valence-corrected chi connectivity index (χ3v) is 6.01. The zero-order valence-corrected chi connectivity index (χ0v) is 19.3. The van der Waals surface area contributed by atoms with Crippen LogP contribution in [-0.2, 0) is 4.79 Å². The molecule has 4 rings (SSSR count). The Labute approximate surface area is 190 Å². The van der Waals surface area contributed by atoms with Crippen LogP contribution in [0.15, 0.2) is 43.1 Å². The lowest BCUT2D eigenvalue weighted by Gasteiger charge is -2.23. The van der Waals surface area contributed by atoms with Crippen LogP contribution in [0.2, 0.25) is 0 Å². The van der Waals surface area contributed by atoms with Crippen LogP contribution in [0.1, 0.15) is 19.3 Å². The Morgan fingerprint density at radius 3 is 2.88 bits per heavy atom. The summed E-state index contributed by atoms with van der Waals surface area (Å²) in [5, 5.41) is 10.4. The molecule has 1 aromatic carbocycles. The molecule has 0 radical (unpaired) electrons. The van der Waals surface area contributed by atoms with Gasteiger partial charge in [0.2, 0.25) is 5.91 Å². The molecule has 1 saturated heterocycles. The summed E-state index contributed by atoms with van der Waals surface area (Å²) in [5.41, 5.74) is 3.57. The first-order valence-electron chi connectivity index (χ1n) is 10.9. The van der Waals surface area contributed by atoms with Crippen LogP contribution in [0.25, 0.3) is 22.0 Å². The van der Waals surface area contributed by atoms with E-state index in [1.54, 1.807) is 18.6 Å². The van der Waals surface area contributed by atoms with Gasteiger partial charge >= 0.3 is 0 Å². The van der Waals surface area contributed by atoms with Crippen molar-refractivity contribution in [1.82, 2.24) is 25.6 Å². The molecule has 2 aromatic heterocycles. The van der Waals surface area contributed by atoms with Crippen LogP contribution < -0.4 is 20.7 Å². The number of carbonyl (C=O) groups excluding carboxylic acids is 1. The predicted octanol–water partition coefficient (Wildman–Crippen LogP) is 2.61. The molecule has 168 valence electrons. The van der Waals surface area contributed by atoms with Crippen molar-refractivity contribution < 1.29 is 9.53 Å². The molecule has 9 heteroatoms. The van der Waals surface area contributed by atoms with E-state index in [-0.39, 0.29) is 17.6 Å². The van der Waals surface area contributed by atoms with Crippen molar-refractivity contribution in [2.45, 2.75) is 31.0 Å². The topological polar surface area (TPSA) is 101 Å². The number of aromatic nitrogens is 3. The van der Waals surface area contributed by atoms with E-state index in [0.717, 1.165) is 59.3 Å². The molecule has 3 aromatic rings. The maximum absolute atomic E-state index is 12.4. The van der Waals surface area contributed by atoms with Gasteiger partial charge in [0.1, 0.15) is 12.1 Å². The first-order valence-corrected chi connectivity index (χ1v) is 11.6. The minimum Gasteiger partial charge on any atom is -0.492 e. The van der Waals surface area contributed by atoms with E-state index in [9.17, 15) is 4.79 Å². The Hall–Kier alpha value is -2.83. The molecule has 1 amide bonds. The van der Waals surface area contributed by atoms with Gasteiger partial charge in [-0.05, 0) is 37.6 Å². The van der Waals surface area contributed by atoms with Crippen LogP contribution in [0.4, 0.5) is 5.69 Å². The van der Waals surface area contributed by atoms with Gasteiger partial charge in [0.05, 0.1) is 30.0 Å². The van der Waals surface area contributed by atoms with E-state index >= 15 is 0 Å². The van der Waals surface area contributed by atoms with Gasteiger partial charge in [-0.2, -0.15) is 0 Å². The van der Waals surface area contributed by atoms with Gasteiger partial charge < -0.3 is 20.7 Å². The molecule has 0 saturated carbocycles. The lowest BCUT2D eigenvalue weighted by Crippen LogP contribution is -2.48. The van der Waals surface area contributed by atoms with Crippen molar-refractivity contribution in [3.63, 3.8) is 0 Å². The highest BCUT2D eigenvalue weighted by atomic mass is 31.0. The molecule has 1 aliphatic rings. The number of anilines is 1. The highest BCUT2D eigenvalue weighted by Gasteiger charge is 2.21. The number of nitrogens with one attached hydrogen (secondary N) is 3. The third kappa shape index (κ3) is 5.31. The summed E-state index contributed by atoms with van der Waals surface area (Å²) in [6.45, 7) is 1.85. The lowest BCUT2D eigenvalue weighted by molar-refractivity contribution is -0.123. The summed E-state index contributed by atoms with van der Waals surface area (Å²) in [7, 11) is 4.63. The summed E-state index contributed by atoms with van der Waals surface area (Å²) in [4.78, 5) is 25.3. The monoisotopic (exact) mass is 452 g/mol. The molecule has 1 fully saturated rings. The standard InChI is InChI=1S/C23H29N6O2P/c1-24-16-8-19-20(28-11-16)6-5-18(15-9-25-14-26-10-15)22(19)31-13-17(32)12-29-23(30)21-4-2-3-7-27-21/h5-6,8-11,14,17,21,24,27H,2-4,7,12-13,32H2,1H3,(H,29,30)/t17?,21-/m0/s1. The van der Waals surface area contributed by atoms with E-state index in [1.165, 1.54) is 6.33 Å². The molecule has 2 unspecified atom stereocenters. The van der Waals surface area contributed by atoms with Crippen LogP contribution >= 0.6 is 9.24 Å². The first-order chi connectivity index (χ1) is 15.7. The van der Waals surface area contributed by atoms with Crippen molar-refractivity contribution in [3.05, 3.63) is 43.1 Å². The summed E-state index contributed by atoms with van der Waals surface area (Å²) < 4.78 is 6.33. The van der Waals surface area contributed by atoms with Crippen LogP contribution in [0.3, 0.4) is 0 Å². The number of fused-ring (bicyclic) bond motifs is 1. The molecule has 1 aliphatic heterocycles. The molecule has 3 N–H and O–H groups in total. The van der Waals surface area contributed by atoms with Crippen molar-refractivity contribution in [1.29, 1.82) is 0 Å². The Kier molecular flexibility index (Phi) is 7.45. The number of benzene rings is 1. The van der Waals surface area contributed by atoms with Crippen LogP contribution in [-0.4, -0.2) is 59.3 Å². The second kappa shape index (κ2) is 10.7. The molecule has 0 aliphatic carbocycles. The fourth-order valence-electron chi connectivity index (χ4n) is 3.81. The maximum Gasteiger partial charge on any atom is 0.237 e. The molecule has 3 heterocycles. The fourth-order valence-corrected chi connectivity index (χ4v) is 4.02.